The van der Waals surface area contributed by atoms with Crippen LogP contribution in [0.1, 0.15) is 0 Å². The van der Waals surface area contributed by atoms with Crippen molar-refractivity contribution in [3.63, 3.8) is 0 Å². The molecule has 4 heteroatoms. The Morgan fingerprint density at radius 2 is 2.57 bits per heavy atom. The molecule has 0 amide bonds. The van der Waals surface area contributed by atoms with E-state index in [4.69, 9.17) is 0 Å². The van der Waals surface area contributed by atoms with Crippen LogP contribution >= 0.6 is 34.5 Å². The van der Waals surface area contributed by atoms with Gasteiger partial charge in [0, 0.05) is 0 Å². The first-order valence-electron chi connectivity index (χ1n) is 1.69. The Bertz CT molecular complexity index is 133. The van der Waals surface area contributed by atoms with Crippen molar-refractivity contribution in [2.45, 2.75) is 0 Å². The lowest BCUT2D eigenvalue weighted by atomic mass is 10.5. The Balaban J connectivity index is 2.72. The van der Waals surface area contributed by atoms with Crippen LogP contribution in [0.2, 0.25) is 0 Å². The van der Waals surface area contributed by atoms with Gasteiger partial charge in [-0.25, -0.2) is 4.40 Å². The third kappa shape index (κ3) is 1.16. The second-order valence-corrected chi connectivity index (χ2v) is 2.83. The molecule has 0 aromatic rings. The maximum Gasteiger partial charge on any atom is 0.199 e. The van der Waals surface area contributed by atoms with Gasteiger partial charge in [-0.3, -0.25) is 4.79 Å². The molecule has 0 aromatic carbocycles. The molecule has 0 aromatic heterocycles. The number of halogens is 1. The summed E-state index contributed by atoms with van der Waals surface area (Å²) in [4.78, 5) is 10.4. The zero-order valence-electron chi connectivity index (χ0n) is 3.35. The van der Waals surface area contributed by atoms with Crippen LogP contribution in [0.3, 0.4) is 0 Å². The van der Waals surface area contributed by atoms with Crippen molar-refractivity contribution in [2.24, 2.45) is 4.40 Å². The van der Waals surface area contributed by atoms with E-state index in [1.165, 1.54) is 11.9 Å². The number of carbonyl (C=O) groups is 1. The lowest BCUT2D eigenvalue weighted by Gasteiger charge is -1.74. The summed E-state index contributed by atoms with van der Waals surface area (Å²) in [6.45, 7) is 0. The molecule has 0 saturated heterocycles. The zero-order chi connectivity index (χ0) is 5.28. The third-order valence-corrected chi connectivity index (χ3v) is 2.44. The van der Waals surface area contributed by atoms with Crippen molar-refractivity contribution in [1.82, 2.24) is 0 Å². The maximum absolute atomic E-state index is 10.4. The van der Waals surface area contributed by atoms with Gasteiger partial charge >= 0.3 is 0 Å². The van der Waals surface area contributed by atoms with Crippen LogP contribution in [0.25, 0.3) is 0 Å². The van der Waals surface area contributed by atoms with Gasteiger partial charge in [-0.2, -0.15) is 0 Å². The summed E-state index contributed by atoms with van der Waals surface area (Å²) in [5.41, 5.74) is 0. The summed E-state index contributed by atoms with van der Waals surface area (Å²) < 4.78 is 4.42. The molecule has 1 rings (SSSR count). The Morgan fingerprint density at radius 1 is 1.86 bits per heavy atom. The molecule has 0 atom stereocenters. The summed E-state index contributed by atoms with van der Waals surface area (Å²) in [7, 11) is 0. The Hall–Kier alpha value is 0.420. The molecule has 0 bridgehead atoms. The highest BCUT2D eigenvalue weighted by Crippen LogP contribution is 2.14. The van der Waals surface area contributed by atoms with Crippen LogP contribution in [-0.2, 0) is 4.79 Å². The highest BCUT2D eigenvalue weighted by molar-refractivity contribution is 14.1. The van der Waals surface area contributed by atoms with Gasteiger partial charge in [0.05, 0.1) is 5.75 Å². The van der Waals surface area contributed by atoms with Crippen molar-refractivity contribution < 1.29 is 4.79 Å². The molecule has 38 valence electrons. The van der Waals surface area contributed by atoms with Gasteiger partial charge in [0.1, 0.15) is 0 Å². The molecular weight excluding hydrogens is 225 g/mol. The topological polar surface area (TPSA) is 29.4 Å². The van der Waals surface area contributed by atoms with E-state index >= 15 is 0 Å². The highest BCUT2D eigenvalue weighted by Gasteiger charge is 2.13. The van der Waals surface area contributed by atoms with Crippen molar-refractivity contribution in [1.29, 1.82) is 0 Å². The van der Waals surface area contributed by atoms with Gasteiger partial charge in [0.15, 0.2) is 9.50 Å². The van der Waals surface area contributed by atoms with E-state index in [9.17, 15) is 4.79 Å². The van der Waals surface area contributed by atoms with Gasteiger partial charge in [-0.15, -0.1) is 0 Å². The summed E-state index contributed by atoms with van der Waals surface area (Å²) in [6.07, 6.45) is 0. The Labute approximate surface area is 59.0 Å². The fourth-order valence-corrected chi connectivity index (χ4v) is 1.66. The van der Waals surface area contributed by atoms with Gasteiger partial charge in [-0.1, -0.05) is 0 Å². The molecule has 1 aliphatic heterocycles. The van der Waals surface area contributed by atoms with E-state index < -0.39 is 0 Å². The Kier molecular flexibility index (Phi) is 1.69. The molecule has 0 radical (unpaired) electrons. The van der Waals surface area contributed by atoms with Gasteiger partial charge in [-0.05, 0) is 34.5 Å². The minimum atomic E-state index is 0.158. The second-order valence-electron chi connectivity index (χ2n) is 1.08. The summed E-state index contributed by atoms with van der Waals surface area (Å²) in [6, 6.07) is 0. The minimum Gasteiger partial charge on any atom is -0.291 e. The molecular formula is C3H2INOS. The Morgan fingerprint density at radius 3 is 2.71 bits per heavy atom. The van der Waals surface area contributed by atoms with Crippen LogP contribution in [-0.4, -0.2) is 15.3 Å². The van der Waals surface area contributed by atoms with Crippen molar-refractivity contribution in [3.05, 3.63) is 0 Å². The smallest absolute Gasteiger partial charge is 0.199 e. The van der Waals surface area contributed by atoms with E-state index in [0.717, 1.165) is 0 Å². The first kappa shape index (κ1) is 5.55. The number of hydrogen-bond donors (Lipinski definition) is 0. The number of Topliss-reactive ketones (excluding diaryl/α,β-unsaturated/α-hetero) is 1. The van der Waals surface area contributed by atoms with E-state index in [0.29, 0.717) is 9.47 Å². The fourth-order valence-electron chi connectivity index (χ4n) is 0.258. The van der Waals surface area contributed by atoms with Crippen molar-refractivity contribution in [2.75, 3.05) is 5.75 Å². The maximum atomic E-state index is 10.4. The molecule has 1 aliphatic rings. The van der Waals surface area contributed by atoms with E-state index in [-0.39, 0.29) is 5.78 Å². The molecule has 0 aliphatic carbocycles. The molecule has 0 spiro atoms. The molecule has 1 heterocycles. The van der Waals surface area contributed by atoms with E-state index in [1.807, 2.05) is 22.6 Å². The van der Waals surface area contributed by atoms with Crippen LogP contribution in [0.15, 0.2) is 4.40 Å². The lowest BCUT2D eigenvalue weighted by Crippen LogP contribution is -2.01. The molecule has 0 N–H and O–H groups in total. The standard InChI is InChI=1S/C3H2INOS/c4-3-2(6)1-7-5-3/h1H2. The molecule has 2 nitrogen and oxygen atoms in total. The summed E-state index contributed by atoms with van der Waals surface area (Å²) >= 11 is 3.26. The summed E-state index contributed by atoms with van der Waals surface area (Å²) in [5, 5.41) is 0. The molecule has 0 unspecified atom stereocenters. The number of rotatable bonds is 0. The number of carbonyl (C=O) groups excluding carboxylic acids is 1. The van der Waals surface area contributed by atoms with Crippen molar-refractivity contribution in [3.8, 4) is 0 Å². The number of ketones is 1. The quantitative estimate of drug-likeness (QED) is 0.457. The first-order chi connectivity index (χ1) is 3.30. The number of nitrogens with zero attached hydrogens (tertiary/aromatic N) is 1. The molecule has 7 heavy (non-hydrogen) atoms. The average molecular weight is 227 g/mol. The number of hydrogen-bond acceptors (Lipinski definition) is 3. The predicted molar refractivity (Wildman–Crippen MR) is 38.9 cm³/mol. The monoisotopic (exact) mass is 227 g/mol. The second kappa shape index (κ2) is 2.13. The van der Waals surface area contributed by atoms with E-state index in [1.54, 1.807) is 0 Å². The lowest BCUT2D eigenvalue weighted by molar-refractivity contribution is -0.110. The predicted octanol–water partition coefficient (Wildman–Crippen LogP) is 1.05. The SMILES string of the molecule is O=C1CSN=C1I. The van der Waals surface area contributed by atoms with Crippen molar-refractivity contribution >= 4 is 44.0 Å². The van der Waals surface area contributed by atoms with Crippen LogP contribution in [0.4, 0.5) is 0 Å². The van der Waals surface area contributed by atoms with Crippen LogP contribution < -0.4 is 0 Å². The van der Waals surface area contributed by atoms with E-state index in [2.05, 4.69) is 4.40 Å². The third-order valence-electron chi connectivity index (χ3n) is 0.570. The van der Waals surface area contributed by atoms with Gasteiger partial charge in [0.2, 0.25) is 0 Å². The zero-order valence-corrected chi connectivity index (χ0v) is 6.32. The van der Waals surface area contributed by atoms with Crippen LogP contribution in [0, 0.1) is 0 Å². The fraction of sp³-hybridized carbons (Fsp3) is 0.333. The molecule has 0 saturated carbocycles. The first-order valence-corrected chi connectivity index (χ1v) is 3.71. The highest BCUT2D eigenvalue weighted by atomic mass is 127. The van der Waals surface area contributed by atoms with Gasteiger partial charge in [0.25, 0.3) is 0 Å². The summed E-state index contributed by atoms with van der Waals surface area (Å²) in [5.74, 6) is 0.698. The van der Waals surface area contributed by atoms with Gasteiger partial charge < -0.3 is 0 Å². The normalized spacial score (nSPS) is 20.1. The largest absolute Gasteiger partial charge is 0.291 e. The van der Waals surface area contributed by atoms with Crippen LogP contribution in [0.5, 0.6) is 0 Å². The average Bonchev–Trinajstić information content (AvgIpc) is 1.91. The molecule has 0 fully saturated rings. The minimum absolute atomic E-state index is 0.158.